The lowest BCUT2D eigenvalue weighted by molar-refractivity contribution is 0.253. The zero-order chi connectivity index (χ0) is 23.7. The second kappa shape index (κ2) is 9.51. The van der Waals surface area contributed by atoms with E-state index in [4.69, 9.17) is 23.2 Å². The highest BCUT2D eigenvalue weighted by molar-refractivity contribution is 6.32. The van der Waals surface area contributed by atoms with Crippen molar-refractivity contribution in [3.63, 3.8) is 0 Å². The maximum atomic E-state index is 15.4. The molecule has 0 radical (unpaired) electrons. The second-order valence-electron chi connectivity index (χ2n) is 7.37. The van der Waals surface area contributed by atoms with Crippen molar-refractivity contribution in [2.75, 3.05) is 41.8 Å². The van der Waals surface area contributed by atoms with E-state index in [0.29, 0.717) is 40.1 Å². The van der Waals surface area contributed by atoms with Crippen molar-refractivity contribution >= 4 is 52.1 Å². The van der Waals surface area contributed by atoms with Crippen LogP contribution in [-0.2, 0) is 0 Å². The van der Waals surface area contributed by atoms with Gasteiger partial charge in [0.25, 0.3) is 0 Å². The Morgan fingerprint density at radius 1 is 1.00 bits per heavy atom. The van der Waals surface area contributed by atoms with Crippen molar-refractivity contribution in [1.82, 2.24) is 10.3 Å². The summed E-state index contributed by atoms with van der Waals surface area (Å²) in [6.07, 6.45) is 1.42. The molecule has 0 saturated carbocycles. The summed E-state index contributed by atoms with van der Waals surface area (Å²) in [5.74, 6) is -1.45. The first-order valence-corrected chi connectivity index (χ1v) is 11.1. The van der Waals surface area contributed by atoms with Gasteiger partial charge in [0.1, 0.15) is 11.5 Å². The van der Waals surface area contributed by atoms with Gasteiger partial charge in [-0.3, -0.25) is 9.80 Å². The Kier molecular flexibility index (Phi) is 6.69. The molecule has 2 aromatic carbocycles. The van der Waals surface area contributed by atoms with E-state index >= 15 is 8.78 Å². The molecule has 0 atom stereocenters. The molecule has 2 heterocycles. The molecule has 0 aliphatic carbocycles. The van der Waals surface area contributed by atoms with Crippen LogP contribution in [0.1, 0.15) is 6.92 Å². The molecule has 1 aliphatic rings. The molecule has 0 saturated heterocycles. The van der Waals surface area contributed by atoms with E-state index in [1.165, 1.54) is 17.2 Å². The predicted molar refractivity (Wildman–Crippen MR) is 129 cm³/mol. The van der Waals surface area contributed by atoms with Crippen molar-refractivity contribution in [1.29, 1.82) is 0 Å². The van der Waals surface area contributed by atoms with E-state index < -0.39 is 23.4 Å². The molecule has 10 heteroatoms. The van der Waals surface area contributed by atoms with Gasteiger partial charge in [-0.1, -0.05) is 29.3 Å². The molecular formula is C23H21Cl2F2N5O. The van der Waals surface area contributed by atoms with Gasteiger partial charge in [0.05, 0.1) is 10.7 Å². The second-order valence-corrected chi connectivity index (χ2v) is 8.24. The van der Waals surface area contributed by atoms with Crippen LogP contribution in [0.25, 0.3) is 11.1 Å². The molecule has 1 aromatic heterocycles. The Hall–Kier alpha value is -2.94. The largest absolute Gasteiger partial charge is 0.384 e. The maximum absolute atomic E-state index is 15.4. The van der Waals surface area contributed by atoms with Crippen LogP contribution < -0.4 is 20.4 Å². The van der Waals surface area contributed by atoms with E-state index in [0.717, 1.165) is 17.0 Å². The van der Waals surface area contributed by atoms with Crippen molar-refractivity contribution < 1.29 is 13.6 Å². The van der Waals surface area contributed by atoms with Gasteiger partial charge in [-0.05, 0) is 44.3 Å². The van der Waals surface area contributed by atoms with Gasteiger partial charge >= 0.3 is 6.03 Å². The quantitative estimate of drug-likeness (QED) is 0.411. The van der Waals surface area contributed by atoms with Crippen LogP contribution in [0.2, 0.25) is 10.0 Å². The number of pyridine rings is 1. The predicted octanol–water partition coefficient (Wildman–Crippen LogP) is 6.06. The van der Waals surface area contributed by atoms with E-state index in [1.807, 2.05) is 0 Å². The van der Waals surface area contributed by atoms with Crippen LogP contribution in [0.4, 0.5) is 36.5 Å². The van der Waals surface area contributed by atoms with Crippen molar-refractivity contribution in [2.45, 2.75) is 6.92 Å². The van der Waals surface area contributed by atoms with Crippen molar-refractivity contribution in [3.8, 4) is 11.1 Å². The third-order valence-electron chi connectivity index (χ3n) is 5.26. The number of nitrogens with zero attached hydrogens (tertiary/aromatic N) is 3. The number of aromatic nitrogens is 1. The Morgan fingerprint density at radius 2 is 1.73 bits per heavy atom. The van der Waals surface area contributed by atoms with Crippen LogP contribution in [0.15, 0.2) is 42.6 Å². The molecule has 172 valence electrons. The Bertz CT molecular complexity index is 1200. The topological polar surface area (TPSA) is 60.5 Å². The number of urea groups is 1. The third-order valence-corrected chi connectivity index (χ3v) is 5.70. The summed E-state index contributed by atoms with van der Waals surface area (Å²) in [4.78, 5) is 20.4. The highest BCUT2D eigenvalue weighted by Crippen LogP contribution is 2.46. The first kappa shape index (κ1) is 23.2. The average molecular weight is 492 g/mol. The standard InChI is InChI=1S/C23H21Cl2F2N5O/c1-3-31-22-17(8-14(25)12-30-22)16-5-4-13(24)9-20(16)32(23(31)33)21-18(26)10-15(11-19(21)27)29-7-6-28-2/h4-5,8-12,28-29H,3,6-7H2,1-2H3. The van der Waals surface area contributed by atoms with Crippen LogP contribution >= 0.6 is 23.2 Å². The Balaban J connectivity index is 1.93. The number of nitrogens with one attached hydrogen (secondary N) is 2. The Labute approximate surface area is 200 Å². The number of rotatable bonds is 6. The lowest BCUT2D eigenvalue weighted by atomic mass is 10.0. The fraction of sp³-hybridized carbons (Fsp3) is 0.217. The molecule has 0 fully saturated rings. The molecular weight excluding hydrogens is 471 g/mol. The molecule has 1 aliphatic heterocycles. The summed E-state index contributed by atoms with van der Waals surface area (Å²) in [6.45, 7) is 3.05. The van der Waals surface area contributed by atoms with E-state index in [-0.39, 0.29) is 17.9 Å². The minimum atomic E-state index is -0.894. The van der Waals surface area contributed by atoms with Crippen LogP contribution in [0.3, 0.4) is 0 Å². The normalized spacial score (nSPS) is 13.0. The highest BCUT2D eigenvalue weighted by atomic mass is 35.5. The van der Waals surface area contributed by atoms with E-state index in [9.17, 15) is 4.79 Å². The van der Waals surface area contributed by atoms with Gasteiger partial charge in [0.2, 0.25) is 0 Å². The Morgan fingerprint density at radius 3 is 2.39 bits per heavy atom. The van der Waals surface area contributed by atoms with Gasteiger partial charge in [-0.2, -0.15) is 0 Å². The summed E-state index contributed by atoms with van der Waals surface area (Å²) in [7, 11) is 1.78. The summed E-state index contributed by atoms with van der Waals surface area (Å²) in [5, 5.41) is 6.56. The minimum absolute atomic E-state index is 0.214. The van der Waals surface area contributed by atoms with E-state index in [2.05, 4.69) is 15.6 Å². The number of hydrogen-bond donors (Lipinski definition) is 2. The number of likely N-dealkylation sites (N-methyl/N-ethyl adjacent to an activating group) is 1. The fourth-order valence-corrected chi connectivity index (χ4v) is 4.12. The number of carbonyl (C=O) groups excluding carboxylic acids is 1. The number of anilines is 4. The lowest BCUT2D eigenvalue weighted by Gasteiger charge is -2.28. The molecule has 3 aromatic rings. The van der Waals surface area contributed by atoms with Gasteiger partial charge in [0.15, 0.2) is 11.6 Å². The third kappa shape index (κ3) is 4.34. The van der Waals surface area contributed by atoms with Crippen molar-refractivity contribution in [2.24, 2.45) is 0 Å². The summed E-state index contributed by atoms with van der Waals surface area (Å²) in [5.41, 5.74) is 1.06. The highest BCUT2D eigenvalue weighted by Gasteiger charge is 2.36. The first-order valence-electron chi connectivity index (χ1n) is 10.3. The number of amides is 2. The van der Waals surface area contributed by atoms with Gasteiger partial charge in [-0.25, -0.2) is 18.6 Å². The SMILES string of the molecule is CCN1C(=O)N(c2c(F)cc(NCCNC)cc2F)c2cc(Cl)ccc2-c2cc(Cl)cnc21. The molecule has 6 nitrogen and oxygen atoms in total. The molecule has 0 spiro atoms. The molecule has 33 heavy (non-hydrogen) atoms. The summed E-state index contributed by atoms with van der Waals surface area (Å²) in [6, 6.07) is 8.13. The smallest absolute Gasteiger partial charge is 0.334 e. The molecule has 2 amide bonds. The van der Waals surface area contributed by atoms with Gasteiger partial charge < -0.3 is 10.6 Å². The van der Waals surface area contributed by atoms with Crippen molar-refractivity contribution in [3.05, 3.63) is 64.3 Å². The number of halogens is 4. The first-order chi connectivity index (χ1) is 15.8. The number of carbonyl (C=O) groups is 1. The van der Waals surface area contributed by atoms with Crippen LogP contribution in [0, 0.1) is 11.6 Å². The number of hydrogen-bond acceptors (Lipinski definition) is 4. The van der Waals surface area contributed by atoms with Crippen LogP contribution in [-0.4, -0.2) is 37.7 Å². The average Bonchev–Trinajstić information content (AvgIpc) is 2.86. The zero-order valence-corrected chi connectivity index (χ0v) is 19.4. The molecule has 0 bridgehead atoms. The van der Waals surface area contributed by atoms with Gasteiger partial charge in [0, 0.05) is 47.7 Å². The van der Waals surface area contributed by atoms with Gasteiger partial charge in [-0.15, -0.1) is 0 Å². The molecule has 4 rings (SSSR count). The number of benzene rings is 2. The minimum Gasteiger partial charge on any atom is -0.384 e. The number of fused-ring (bicyclic) bond motifs is 3. The van der Waals surface area contributed by atoms with E-state index in [1.54, 1.807) is 32.2 Å². The molecule has 0 unspecified atom stereocenters. The lowest BCUT2D eigenvalue weighted by Crippen LogP contribution is -2.41. The monoisotopic (exact) mass is 491 g/mol. The maximum Gasteiger partial charge on any atom is 0.334 e. The summed E-state index contributed by atoms with van der Waals surface area (Å²) >= 11 is 12.4. The summed E-state index contributed by atoms with van der Waals surface area (Å²) < 4.78 is 30.7. The molecule has 2 N–H and O–H groups in total. The van der Waals surface area contributed by atoms with Crippen LogP contribution in [0.5, 0.6) is 0 Å². The fourth-order valence-electron chi connectivity index (χ4n) is 3.79. The zero-order valence-electron chi connectivity index (χ0n) is 17.9.